The second kappa shape index (κ2) is 8.05. The van der Waals surface area contributed by atoms with Crippen molar-refractivity contribution in [1.29, 1.82) is 0 Å². The van der Waals surface area contributed by atoms with Gasteiger partial charge in [-0.25, -0.2) is 0 Å². The second-order valence-corrected chi connectivity index (χ2v) is 12.3. The Hall–Kier alpha value is -1.46. The van der Waals surface area contributed by atoms with Crippen molar-refractivity contribution in [2.75, 3.05) is 13.7 Å². The third-order valence-corrected chi connectivity index (χ3v) is 10.2. The van der Waals surface area contributed by atoms with Gasteiger partial charge in [0.15, 0.2) is 6.29 Å². The van der Waals surface area contributed by atoms with Crippen LogP contribution in [-0.2, 0) is 13.9 Å². The van der Waals surface area contributed by atoms with Crippen molar-refractivity contribution in [2.24, 2.45) is 0 Å². The molecule has 0 spiro atoms. The summed E-state index contributed by atoms with van der Waals surface area (Å²) in [4.78, 5) is 0. The van der Waals surface area contributed by atoms with Gasteiger partial charge in [0.05, 0.1) is 12.7 Å². The van der Waals surface area contributed by atoms with E-state index in [-0.39, 0.29) is 17.4 Å². The highest BCUT2D eigenvalue weighted by atomic mass is 28.4. The first-order valence-corrected chi connectivity index (χ1v) is 11.3. The van der Waals surface area contributed by atoms with Crippen LogP contribution in [0.1, 0.15) is 33.6 Å². The minimum absolute atomic E-state index is 0.00499. The smallest absolute Gasteiger partial charge is 0.261 e. The lowest BCUT2D eigenvalue weighted by Crippen LogP contribution is -2.67. The molecule has 0 aliphatic carbocycles. The van der Waals surface area contributed by atoms with Gasteiger partial charge in [0.2, 0.25) is 0 Å². The standard InChI is InChI=1S/C22H30O3Si/c1-22(2,3)26(19-11-7-5-8-12-19,20-13-9-6-10-14-20)24-17-18-15-16-21(23-4)25-18/h5-14,18,21H,15-17H2,1-4H3/t18-,21?/m1/s1. The Kier molecular flexibility index (Phi) is 5.98. The third kappa shape index (κ3) is 3.79. The molecule has 1 aliphatic heterocycles. The molecule has 1 saturated heterocycles. The molecule has 1 aliphatic rings. The summed E-state index contributed by atoms with van der Waals surface area (Å²) in [5, 5.41) is 2.61. The van der Waals surface area contributed by atoms with Crippen molar-refractivity contribution >= 4 is 18.7 Å². The first kappa shape index (κ1) is 19.3. The van der Waals surface area contributed by atoms with Crippen LogP contribution in [0, 0.1) is 0 Å². The molecule has 1 heterocycles. The van der Waals surface area contributed by atoms with Gasteiger partial charge in [0, 0.05) is 13.5 Å². The maximum atomic E-state index is 6.90. The Morgan fingerprint density at radius 3 is 1.88 bits per heavy atom. The van der Waals surface area contributed by atoms with Crippen LogP contribution in [0.4, 0.5) is 0 Å². The summed E-state index contributed by atoms with van der Waals surface area (Å²) < 4.78 is 18.2. The molecule has 1 fully saturated rings. The van der Waals surface area contributed by atoms with Gasteiger partial charge >= 0.3 is 0 Å². The van der Waals surface area contributed by atoms with E-state index < -0.39 is 8.32 Å². The van der Waals surface area contributed by atoms with Crippen molar-refractivity contribution in [3.05, 3.63) is 60.7 Å². The van der Waals surface area contributed by atoms with E-state index in [0.717, 1.165) is 12.8 Å². The summed E-state index contributed by atoms with van der Waals surface area (Å²) in [5.41, 5.74) is 0. The molecule has 0 amide bonds. The molecular weight excluding hydrogens is 340 g/mol. The topological polar surface area (TPSA) is 27.7 Å². The lowest BCUT2D eigenvalue weighted by Gasteiger charge is -2.43. The number of ether oxygens (including phenoxy) is 2. The molecule has 0 aromatic heterocycles. The monoisotopic (exact) mass is 370 g/mol. The Labute approximate surface area is 158 Å². The predicted octanol–water partition coefficient (Wildman–Crippen LogP) is 3.71. The molecule has 0 radical (unpaired) electrons. The fourth-order valence-electron chi connectivity index (χ4n) is 3.95. The largest absolute Gasteiger partial charge is 0.405 e. The Balaban J connectivity index is 1.98. The number of hydrogen-bond acceptors (Lipinski definition) is 3. The molecule has 1 unspecified atom stereocenters. The average molecular weight is 371 g/mol. The fourth-order valence-corrected chi connectivity index (χ4v) is 8.54. The minimum atomic E-state index is -2.47. The van der Waals surface area contributed by atoms with Crippen LogP contribution < -0.4 is 10.4 Å². The SMILES string of the molecule is COC1CC[C@H](CO[Si](c2ccccc2)(c2ccccc2)C(C)(C)C)O1. The number of hydrogen-bond donors (Lipinski definition) is 0. The summed E-state index contributed by atoms with van der Waals surface area (Å²) >= 11 is 0. The van der Waals surface area contributed by atoms with Crippen LogP contribution in [0.15, 0.2) is 60.7 Å². The van der Waals surface area contributed by atoms with Crippen molar-refractivity contribution < 1.29 is 13.9 Å². The van der Waals surface area contributed by atoms with E-state index in [4.69, 9.17) is 13.9 Å². The zero-order chi connectivity index (χ0) is 18.6. The van der Waals surface area contributed by atoms with Crippen LogP contribution in [0.3, 0.4) is 0 Å². The molecule has 4 heteroatoms. The van der Waals surface area contributed by atoms with Gasteiger partial charge < -0.3 is 13.9 Å². The van der Waals surface area contributed by atoms with E-state index in [9.17, 15) is 0 Å². The summed E-state index contributed by atoms with van der Waals surface area (Å²) in [6, 6.07) is 21.5. The van der Waals surface area contributed by atoms with E-state index in [2.05, 4.69) is 81.4 Å². The summed E-state index contributed by atoms with van der Waals surface area (Å²) in [6.07, 6.45) is 1.92. The molecule has 26 heavy (non-hydrogen) atoms. The highest BCUT2D eigenvalue weighted by molar-refractivity contribution is 6.99. The summed E-state index contributed by atoms with van der Waals surface area (Å²) in [7, 11) is -0.765. The zero-order valence-corrected chi connectivity index (χ0v) is 17.3. The normalized spacial score (nSPS) is 21.1. The quantitative estimate of drug-likeness (QED) is 0.726. The van der Waals surface area contributed by atoms with Crippen LogP contribution in [0.5, 0.6) is 0 Å². The maximum Gasteiger partial charge on any atom is 0.261 e. The zero-order valence-electron chi connectivity index (χ0n) is 16.3. The number of rotatable bonds is 6. The molecule has 0 bridgehead atoms. The van der Waals surface area contributed by atoms with Gasteiger partial charge in [0.25, 0.3) is 8.32 Å². The molecule has 3 nitrogen and oxygen atoms in total. The van der Waals surface area contributed by atoms with Crippen molar-refractivity contribution in [1.82, 2.24) is 0 Å². The second-order valence-electron chi connectivity index (χ2n) is 7.97. The molecule has 0 saturated carbocycles. The van der Waals surface area contributed by atoms with Crippen LogP contribution >= 0.6 is 0 Å². The Morgan fingerprint density at radius 1 is 0.923 bits per heavy atom. The van der Waals surface area contributed by atoms with E-state index >= 15 is 0 Å². The predicted molar refractivity (Wildman–Crippen MR) is 108 cm³/mol. The van der Waals surface area contributed by atoms with Crippen molar-refractivity contribution in [3.8, 4) is 0 Å². The number of methoxy groups -OCH3 is 1. The van der Waals surface area contributed by atoms with Gasteiger partial charge in [-0.1, -0.05) is 81.4 Å². The van der Waals surface area contributed by atoms with E-state index in [1.807, 2.05) is 0 Å². The van der Waals surface area contributed by atoms with Gasteiger partial charge in [-0.15, -0.1) is 0 Å². The van der Waals surface area contributed by atoms with Gasteiger partial charge in [-0.2, -0.15) is 0 Å². The molecule has 2 aromatic carbocycles. The maximum absolute atomic E-state index is 6.90. The molecule has 2 atom stereocenters. The molecule has 0 N–H and O–H groups in total. The van der Waals surface area contributed by atoms with E-state index in [0.29, 0.717) is 6.61 Å². The Morgan fingerprint density at radius 2 is 1.46 bits per heavy atom. The first-order chi connectivity index (χ1) is 12.5. The van der Waals surface area contributed by atoms with Gasteiger partial charge in [-0.3, -0.25) is 0 Å². The van der Waals surface area contributed by atoms with Crippen LogP contribution in [-0.4, -0.2) is 34.4 Å². The highest BCUT2D eigenvalue weighted by Gasteiger charge is 2.50. The lowest BCUT2D eigenvalue weighted by molar-refractivity contribution is -0.121. The van der Waals surface area contributed by atoms with E-state index in [1.54, 1.807) is 7.11 Å². The molecule has 140 valence electrons. The lowest BCUT2D eigenvalue weighted by atomic mass is 10.2. The average Bonchev–Trinajstić information content (AvgIpc) is 3.11. The summed E-state index contributed by atoms with van der Waals surface area (Å²) in [6.45, 7) is 7.50. The molecule has 2 aromatic rings. The van der Waals surface area contributed by atoms with Gasteiger partial charge in [-0.05, 0) is 21.8 Å². The van der Waals surface area contributed by atoms with Crippen molar-refractivity contribution in [2.45, 2.75) is 51.0 Å². The highest BCUT2D eigenvalue weighted by Crippen LogP contribution is 2.37. The summed E-state index contributed by atoms with van der Waals surface area (Å²) in [5.74, 6) is 0. The molecular formula is C22H30O3Si. The minimum Gasteiger partial charge on any atom is -0.405 e. The Bertz CT molecular complexity index is 642. The first-order valence-electron chi connectivity index (χ1n) is 9.40. The van der Waals surface area contributed by atoms with Crippen LogP contribution in [0.2, 0.25) is 5.04 Å². The molecule has 3 rings (SSSR count). The number of benzene rings is 2. The van der Waals surface area contributed by atoms with E-state index in [1.165, 1.54) is 10.4 Å². The van der Waals surface area contributed by atoms with Crippen molar-refractivity contribution in [3.63, 3.8) is 0 Å². The third-order valence-electron chi connectivity index (χ3n) is 5.23. The fraction of sp³-hybridized carbons (Fsp3) is 0.455. The van der Waals surface area contributed by atoms with Gasteiger partial charge in [0.1, 0.15) is 0 Å². The van der Waals surface area contributed by atoms with Crippen LogP contribution in [0.25, 0.3) is 0 Å².